The van der Waals surface area contributed by atoms with E-state index in [1.54, 1.807) is 36.4 Å². The lowest BCUT2D eigenvalue weighted by Gasteiger charge is -2.09. The van der Waals surface area contributed by atoms with E-state index in [0.29, 0.717) is 22.6 Å². The van der Waals surface area contributed by atoms with Crippen LogP contribution in [-0.4, -0.2) is 15.9 Å². The van der Waals surface area contributed by atoms with Gasteiger partial charge in [0.25, 0.3) is 5.91 Å². The number of nitrogens with zero attached hydrogens (tertiary/aromatic N) is 1. The van der Waals surface area contributed by atoms with Gasteiger partial charge in [-0.2, -0.15) is 0 Å². The van der Waals surface area contributed by atoms with Crippen molar-refractivity contribution in [2.45, 2.75) is 6.92 Å². The summed E-state index contributed by atoms with van der Waals surface area (Å²) in [6.07, 6.45) is 1.58. The lowest BCUT2D eigenvalue weighted by Crippen LogP contribution is -2.22. The van der Waals surface area contributed by atoms with Gasteiger partial charge in [0.15, 0.2) is 5.82 Å². The summed E-state index contributed by atoms with van der Waals surface area (Å²) < 4.78 is 14.2. The molecule has 0 fully saturated rings. The van der Waals surface area contributed by atoms with Gasteiger partial charge in [0.1, 0.15) is 5.82 Å². The summed E-state index contributed by atoms with van der Waals surface area (Å²) in [5.41, 5.74) is 3.94. The second-order valence-corrected chi connectivity index (χ2v) is 6.50. The Hall–Kier alpha value is -3.73. The molecule has 0 saturated heterocycles. The predicted molar refractivity (Wildman–Crippen MR) is 109 cm³/mol. The van der Waals surface area contributed by atoms with Crippen molar-refractivity contribution in [3.8, 4) is 0 Å². The maximum Gasteiger partial charge on any atom is 0.255 e. The Morgan fingerprint density at radius 1 is 1.00 bits per heavy atom. The number of aromatic amines is 1. The van der Waals surface area contributed by atoms with Crippen molar-refractivity contribution in [1.82, 2.24) is 15.3 Å². The molecule has 1 amide bonds. The van der Waals surface area contributed by atoms with E-state index in [2.05, 4.69) is 15.3 Å². The normalized spacial score (nSPS) is 11.6. The molecule has 4 aromatic rings. The van der Waals surface area contributed by atoms with Gasteiger partial charge in [0, 0.05) is 11.1 Å². The highest BCUT2D eigenvalue weighted by atomic mass is 19.1. The quantitative estimate of drug-likeness (QED) is 0.534. The molecule has 4 nitrogen and oxygen atoms in total. The van der Waals surface area contributed by atoms with Gasteiger partial charge in [-0.1, -0.05) is 48.0 Å². The molecule has 0 spiro atoms. The number of imidazole rings is 1. The van der Waals surface area contributed by atoms with Crippen LogP contribution in [0.3, 0.4) is 0 Å². The van der Waals surface area contributed by atoms with Crippen molar-refractivity contribution in [2.75, 3.05) is 0 Å². The second-order valence-electron chi connectivity index (χ2n) is 6.50. The van der Waals surface area contributed by atoms with Crippen molar-refractivity contribution in [3.63, 3.8) is 0 Å². The van der Waals surface area contributed by atoms with Gasteiger partial charge >= 0.3 is 0 Å². The average Bonchev–Trinajstić information content (AvgIpc) is 3.14. The molecule has 0 atom stereocenters. The van der Waals surface area contributed by atoms with Crippen molar-refractivity contribution in [3.05, 3.63) is 101 Å². The van der Waals surface area contributed by atoms with Gasteiger partial charge in [-0.15, -0.1) is 0 Å². The molecular weight excluding hydrogens is 353 g/mol. The van der Waals surface area contributed by atoms with Crippen LogP contribution in [0.15, 0.2) is 72.8 Å². The number of nitrogens with one attached hydrogen (secondary N) is 2. The average molecular weight is 371 g/mol. The summed E-state index contributed by atoms with van der Waals surface area (Å²) in [6, 6.07) is 21.2. The first kappa shape index (κ1) is 17.7. The van der Waals surface area contributed by atoms with E-state index in [0.717, 1.165) is 16.6 Å². The van der Waals surface area contributed by atoms with Crippen LogP contribution in [0.5, 0.6) is 0 Å². The molecule has 4 rings (SSSR count). The summed E-state index contributed by atoms with van der Waals surface area (Å²) >= 11 is 0. The van der Waals surface area contributed by atoms with E-state index >= 15 is 0 Å². The molecule has 0 unspecified atom stereocenters. The number of carbonyl (C=O) groups is 1. The fourth-order valence-corrected chi connectivity index (χ4v) is 2.89. The zero-order chi connectivity index (χ0) is 19.5. The molecule has 0 aliphatic carbocycles. The van der Waals surface area contributed by atoms with Gasteiger partial charge in [-0.05, 0) is 43.3 Å². The minimum absolute atomic E-state index is 0.289. The molecule has 1 aromatic heterocycles. The predicted octanol–water partition coefficient (Wildman–Crippen LogP) is 4.94. The smallest absolute Gasteiger partial charge is 0.255 e. The van der Waals surface area contributed by atoms with Crippen LogP contribution in [0.4, 0.5) is 4.39 Å². The number of H-pyrrole nitrogens is 1. The van der Waals surface area contributed by atoms with Crippen molar-refractivity contribution >= 4 is 28.7 Å². The Labute approximate surface area is 161 Å². The number of carbonyl (C=O) groups excluding carboxylic acids is 1. The molecule has 0 aliphatic heterocycles. The topological polar surface area (TPSA) is 57.8 Å². The van der Waals surface area contributed by atoms with Crippen LogP contribution in [0.25, 0.3) is 22.8 Å². The van der Waals surface area contributed by atoms with E-state index < -0.39 is 0 Å². The lowest BCUT2D eigenvalue weighted by molar-refractivity contribution is 0.0973. The van der Waals surface area contributed by atoms with E-state index in [4.69, 9.17) is 0 Å². The first-order chi connectivity index (χ1) is 13.6. The van der Waals surface area contributed by atoms with Gasteiger partial charge in [-0.3, -0.25) is 4.79 Å². The number of benzene rings is 3. The highest BCUT2D eigenvalue weighted by Crippen LogP contribution is 2.20. The van der Waals surface area contributed by atoms with Gasteiger partial charge in [-0.25, -0.2) is 9.37 Å². The number of aromatic nitrogens is 2. The van der Waals surface area contributed by atoms with Crippen LogP contribution in [0.1, 0.15) is 27.3 Å². The van der Waals surface area contributed by atoms with Crippen molar-refractivity contribution < 1.29 is 9.18 Å². The lowest BCUT2D eigenvalue weighted by atomic mass is 10.1. The molecule has 28 heavy (non-hydrogen) atoms. The summed E-state index contributed by atoms with van der Waals surface area (Å²) in [6.45, 7) is 1.96. The van der Waals surface area contributed by atoms with Gasteiger partial charge < -0.3 is 10.3 Å². The maximum absolute atomic E-state index is 14.2. The number of hydrogen-bond acceptors (Lipinski definition) is 2. The number of hydrogen-bond donors (Lipinski definition) is 2. The second kappa shape index (κ2) is 7.48. The van der Waals surface area contributed by atoms with Gasteiger partial charge in [0.2, 0.25) is 0 Å². The van der Waals surface area contributed by atoms with Crippen LogP contribution in [0, 0.1) is 12.7 Å². The standard InChI is InChI=1S/C23H18FN3O/c1-15-10-12-16(13-11-15)23(28)27-21(14-17-6-2-3-7-18(17)24)22-25-19-8-4-5-9-20(19)26-22/h2-14H,1H3,(H,25,26)(H,27,28)/b21-14-. The van der Waals surface area contributed by atoms with E-state index in [9.17, 15) is 9.18 Å². The maximum atomic E-state index is 14.2. The largest absolute Gasteiger partial charge is 0.337 e. The molecule has 138 valence electrons. The molecule has 1 heterocycles. The number of fused-ring (bicyclic) bond motifs is 1. The molecule has 0 aliphatic rings. The van der Waals surface area contributed by atoms with Crippen LogP contribution >= 0.6 is 0 Å². The van der Waals surface area contributed by atoms with E-state index in [1.807, 2.05) is 43.3 Å². The van der Waals surface area contributed by atoms with Crippen LogP contribution in [0.2, 0.25) is 0 Å². The van der Waals surface area contributed by atoms with Crippen molar-refractivity contribution in [2.24, 2.45) is 0 Å². The Morgan fingerprint density at radius 2 is 1.71 bits per heavy atom. The highest BCUT2D eigenvalue weighted by Gasteiger charge is 2.14. The fourth-order valence-electron chi connectivity index (χ4n) is 2.89. The number of halogens is 1. The van der Waals surface area contributed by atoms with E-state index in [1.165, 1.54) is 6.07 Å². The Morgan fingerprint density at radius 3 is 2.46 bits per heavy atom. The number of aryl methyl sites for hydroxylation is 1. The molecule has 5 heteroatoms. The Bertz CT molecular complexity index is 1140. The Balaban J connectivity index is 1.76. The van der Waals surface area contributed by atoms with Crippen LogP contribution in [-0.2, 0) is 0 Å². The number of rotatable bonds is 4. The zero-order valence-electron chi connectivity index (χ0n) is 15.2. The fraction of sp³-hybridized carbons (Fsp3) is 0.0435. The third-order valence-corrected chi connectivity index (χ3v) is 4.41. The monoisotopic (exact) mass is 371 g/mol. The first-order valence-corrected chi connectivity index (χ1v) is 8.89. The highest BCUT2D eigenvalue weighted by molar-refractivity contribution is 6.01. The number of amides is 1. The van der Waals surface area contributed by atoms with Crippen LogP contribution < -0.4 is 5.32 Å². The third-order valence-electron chi connectivity index (χ3n) is 4.41. The van der Waals surface area contributed by atoms with Gasteiger partial charge in [0.05, 0.1) is 16.7 Å². The Kier molecular flexibility index (Phi) is 4.72. The third kappa shape index (κ3) is 3.69. The SMILES string of the molecule is Cc1ccc(C(=O)N/C(=C\c2ccccc2F)c2nc3ccccc3[nH]2)cc1. The zero-order valence-corrected chi connectivity index (χ0v) is 15.2. The molecular formula is C23H18FN3O. The summed E-state index contributed by atoms with van der Waals surface area (Å²) in [5, 5.41) is 2.87. The van der Waals surface area contributed by atoms with Crippen molar-refractivity contribution in [1.29, 1.82) is 0 Å². The minimum atomic E-state index is -0.374. The molecule has 0 saturated carbocycles. The summed E-state index contributed by atoms with van der Waals surface area (Å²) in [7, 11) is 0. The molecule has 0 bridgehead atoms. The minimum Gasteiger partial charge on any atom is -0.337 e. The molecule has 3 aromatic carbocycles. The number of para-hydroxylation sites is 2. The molecule has 2 N–H and O–H groups in total. The molecule has 0 radical (unpaired) electrons. The summed E-state index contributed by atoms with van der Waals surface area (Å²) in [4.78, 5) is 20.5. The van der Waals surface area contributed by atoms with E-state index in [-0.39, 0.29) is 11.7 Å². The summed E-state index contributed by atoms with van der Waals surface area (Å²) in [5.74, 6) is -0.200. The first-order valence-electron chi connectivity index (χ1n) is 8.89.